The van der Waals surface area contributed by atoms with Crippen molar-refractivity contribution in [3.05, 3.63) is 23.2 Å². The van der Waals surface area contributed by atoms with Gasteiger partial charge >= 0.3 is 0 Å². The van der Waals surface area contributed by atoms with Gasteiger partial charge in [0.1, 0.15) is 0 Å². The van der Waals surface area contributed by atoms with Crippen LogP contribution in [0.25, 0.3) is 10.2 Å². The topological polar surface area (TPSA) is 33.2 Å². The Labute approximate surface area is 103 Å². The van der Waals surface area contributed by atoms with E-state index in [0.717, 1.165) is 15.3 Å². The van der Waals surface area contributed by atoms with Crippen LogP contribution in [0, 0.1) is 0 Å². The number of amides is 1. The fraction of sp³-hybridized carbons (Fsp3) is 0.273. The second-order valence-electron chi connectivity index (χ2n) is 3.37. The van der Waals surface area contributed by atoms with Gasteiger partial charge in [-0.25, -0.2) is 4.98 Å². The van der Waals surface area contributed by atoms with Gasteiger partial charge in [0.15, 0.2) is 5.13 Å². The van der Waals surface area contributed by atoms with Gasteiger partial charge in [-0.3, -0.25) is 9.69 Å². The SMILES string of the molecule is CCN(C(C)=O)c1nc2cc(Cl)ccc2s1. The summed E-state index contributed by atoms with van der Waals surface area (Å²) in [7, 11) is 0. The lowest BCUT2D eigenvalue weighted by Crippen LogP contribution is -2.27. The standard InChI is InChI=1S/C11H11ClN2OS/c1-3-14(7(2)15)11-13-9-6-8(12)4-5-10(9)16-11/h4-6H,3H2,1-2H3. The Bertz CT molecular complexity index is 538. The molecule has 0 unspecified atom stereocenters. The van der Waals surface area contributed by atoms with Gasteiger partial charge in [0.05, 0.1) is 10.2 Å². The molecular weight excluding hydrogens is 244 g/mol. The summed E-state index contributed by atoms with van der Waals surface area (Å²) in [6.07, 6.45) is 0. The van der Waals surface area contributed by atoms with E-state index in [0.29, 0.717) is 11.6 Å². The first-order valence-corrected chi connectivity index (χ1v) is 6.15. The molecular formula is C11H11ClN2OS. The van der Waals surface area contributed by atoms with Crippen molar-refractivity contribution in [2.24, 2.45) is 0 Å². The minimum atomic E-state index is 0.00709. The number of anilines is 1. The monoisotopic (exact) mass is 254 g/mol. The van der Waals surface area contributed by atoms with Gasteiger partial charge in [-0.1, -0.05) is 22.9 Å². The van der Waals surface area contributed by atoms with Crippen LogP contribution in [0.2, 0.25) is 5.02 Å². The summed E-state index contributed by atoms with van der Waals surface area (Å²) in [5.41, 5.74) is 0.840. The lowest BCUT2D eigenvalue weighted by molar-refractivity contribution is -0.116. The highest BCUT2D eigenvalue weighted by molar-refractivity contribution is 7.22. The van der Waals surface area contributed by atoms with Gasteiger partial charge in [-0.15, -0.1) is 0 Å². The Hall–Kier alpha value is -1.13. The van der Waals surface area contributed by atoms with Crippen LogP contribution in [0.4, 0.5) is 5.13 Å². The van der Waals surface area contributed by atoms with Crippen molar-refractivity contribution >= 4 is 44.2 Å². The molecule has 0 atom stereocenters. The van der Waals surface area contributed by atoms with E-state index in [2.05, 4.69) is 4.98 Å². The third kappa shape index (κ3) is 2.03. The molecule has 0 aliphatic heterocycles. The average molecular weight is 255 g/mol. The van der Waals surface area contributed by atoms with E-state index >= 15 is 0 Å². The maximum atomic E-state index is 11.4. The number of hydrogen-bond acceptors (Lipinski definition) is 3. The Balaban J connectivity index is 2.49. The van der Waals surface area contributed by atoms with Crippen molar-refractivity contribution in [3.8, 4) is 0 Å². The van der Waals surface area contributed by atoms with E-state index in [1.165, 1.54) is 11.3 Å². The van der Waals surface area contributed by atoms with Crippen molar-refractivity contribution in [3.63, 3.8) is 0 Å². The van der Waals surface area contributed by atoms with E-state index in [1.54, 1.807) is 11.8 Å². The second kappa shape index (κ2) is 4.39. The molecule has 0 aliphatic carbocycles. The zero-order chi connectivity index (χ0) is 11.7. The van der Waals surface area contributed by atoms with Crippen molar-refractivity contribution in [2.75, 3.05) is 11.4 Å². The molecule has 0 spiro atoms. The van der Waals surface area contributed by atoms with Crippen LogP contribution in [-0.4, -0.2) is 17.4 Å². The third-order valence-corrected chi connectivity index (χ3v) is 3.56. The third-order valence-electron chi connectivity index (χ3n) is 2.27. The highest BCUT2D eigenvalue weighted by atomic mass is 35.5. The maximum Gasteiger partial charge on any atom is 0.225 e. The van der Waals surface area contributed by atoms with Gasteiger partial charge in [0.25, 0.3) is 0 Å². The number of aromatic nitrogens is 1. The van der Waals surface area contributed by atoms with Gasteiger partial charge in [-0.05, 0) is 25.1 Å². The summed E-state index contributed by atoms with van der Waals surface area (Å²) in [6, 6.07) is 5.56. The van der Waals surface area contributed by atoms with Gasteiger partial charge < -0.3 is 0 Å². The number of rotatable bonds is 2. The molecule has 3 nitrogen and oxygen atoms in total. The summed E-state index contributed by atoms with van der Waals surface area (Å²) >= 11 is 7.39. The molecule has 0 saturated carbocycles. The fourth-order valence-corrected chi connectivity index (χ4v) is 2.72. The van der Waals surface area contributed by atoms with Crippen LogP contribution >= 0.6 is 22.9 Å². The van der Waals surface area contributed by atoms with Crippen molar-refractivity contribution in [1.29, 1.82) is 0 Å². The maximum absolute atomic E-state index is 11.4. The molecule has 1 aromatic carbocycles. The average Bonchev–Trinajstić information content (AvgIpc) is 2.60. The summed E-state index contributed by atoms with van der Waals surface area (Å²) < 4.78 is 1.04. The molecule has 2 aromatic rings. The first-order valence-electron chi connectivity index (χ1n) is 4.96. The second-order valence-corrected chi connectivity index (χ2v) is 4.82. The van der Waals surface area contributed by atoms with Crippen LogP contribution in [-0.2, 0) is 4.79 Å². The van der Waals surface area contributed by atoms with E-state index < -0.39 is 0 Å². The molecule has 0 N–H and O–H groups in total. The highest BCUT2D eigenvalue weighted by Crippen LogP contribution is 2.30. The van der Waals surface area contributed by atoms with Crippen LogP contribution < -0.4 is 4.90 Å². The Kier molecular flexibility index (Phi) is 3.12. The zero-order valence-corrected chi connectivity index (χ0v) is 10.6. The molecule has 0 radical (unpaired) electrons. The van der Waals surface area contributed by atoms with Crippen molar-refractivity contribution < 1.29 is 4.79 Å². The summed E-state index contributed by atoms with van der Waals surface area (Å²) in [4.78, 5) is 17.4. The molecule has 0 aliphatic rings. The number of thiazole rings is 1. The highest BCUT2D eigenvalue weighted by Gasteiger charge is 2.14. The van der Waals surface area contributed by atoms with Crippen LogP contribution in [0.15, 0.2) is 18.2 Å². The van der Waals surface area contributed by atoms with E-state index in [-0.39, 0.29) is 5.91 Å². The van der Waals surface area contributed by atoms with Crippen LogP contribution in [0.3, 0.4) is 0 Å². The Morgan fingerprint density at radius 2 is 2.31 bits per heavy atom. The fourth-order valence-electron chi connectivity index (χ4n) is 1.50. The molecule has 5 heteroatoms. The molecule has 16 heavy (non-hydrogen) atoms. The number of fused-ring (bicyclic) bond motifs is 1. The molecule has 0 fully saturated rings. The minimum absolute atomic E-state index is 0.00709. The Morgan fingerprint density at radius 1 is 1.56 bits per heavy atom. The first-order chi connectivity index (χ1) is 7.61. The van der Waals surface area contributed by atoms with Crippen LogP contribution in [0.5, 0.6) is 0 Å². The smallest absolute Gasteiger partial charge is 0.225 e. The molecule has 1 heterocycles. The molecule has 0 saturated heterocycles. The summed E-state index contributed by atoms with van der Waals surface area (Å²) in [5, 5.41) is 1.39. The number of carbonyl (C=O) groups excluding carboxylic acids is 1. The van der Waals surface area contributed by atoms with Gasteiger partial charge in [0.2, 0.25) is 5.91 Å². The number of benzene rings is 1. The van der Waals surface area contributed by atoms with Crippen molar-refractivity contribution in [2.45, 2.75) is 13.8 Å². The lowest BCUT2D eigenvalue weighted by atomic mass is 10.3. The van der Waals surface area contributed by atoms with E-state index in [1.807, 2.05) is 25.1 Å². The molecule has 2 rings (SSSR count). The molecule has 1 amide bonds. The van der Waals surface area contributed by atoms with Gasteiger partial charge in [-0.2, -0.15) is 0 Å². The van der Waals surface area contributed by atoms with E-state index in [9.17, 15) is 4.79 Å². The predicted molar refractivity (Wildman–Crippen MR) is 68.3 cm³/mol. The summed E-state index contributed by atoms with van der Waals surface area (Å²) in [5.74, 6) is 0.00709. The number of nitrogens with zero attached hydrogens (tertiary/aromatic N) is 2. The van der Waals surface area contributed by atoms with Gasteiger partial charge in [0, 0.05) is 18.5 Å². The molecule has 84 valence electrons. The normalized spacial score (nSPS) is 10.7. The number of hydrogen-bond donors (Lipinski definition) is 0. The Morgan fingerprint density at radius 3 is 2.94 bits per heavy atom. The van der Waals surface area contributed by atoms with Crippen molar-refractivity contribution in [1.82, 2.24) is 4.98 Å². The quantitative estimate of drug-likeness (QED) is 0.824. The van der Waals surface area contributed by atoms with E-state index in [4.69, 9.17) is 11.6 Å². The molecule has 0 bridgehead atoms. The zero-order valence-electron chi connectivity index (χ0n) is 9.03. The minimum Gasteiger partial charge on any atom is -0.289 e. The summed E-state index contributed by atoms with van der Waals surface area (Å²) in [6.45, 7) is 4.10. The molecule has 1 aromatic heterocycles. The van der Waals surface area contributed by atoms with Crippen LogP contribution in [0.1, 0.15) is 13.8 Å². The number of carbonyl (C=O) groups is 1. The lowest BCUT2D eigenvalue weighted by Gasteiger charge is -2.14. The first kappa shape index (κ1) is 11.4. The predicted octanol–water partition coefficient (Wildman–Crippen LogP) is 3.32. The largest absolute Gasteiger partial charge is 0.289 e. The number of halogens is 1.